The smallest absolute Gasteiger partial charge is 0.238 e. The van der Waals surface area contributed by atoms with Crippen molar-refractivity contribution in [3.63, 3.8) is 0 Å². The maximum absolute atomic E-state index is 11.1. The van der Waals surface area contributed by atoms with Gasteiger partial charge in [-0.1, -0.05) is 12.1 Å². The Kier molecular flexibility index (Phi) is 6.83. The van der Waals surface area contributed by atoms with Gasteiger partial charge in [0.15, 0.2) is 0 Å². The van der Waals surface area contributed by atoms with Gasteiger partial charge in [0.2, 0.25) is 10.0 Å². The number of halogens is 1. The quantitative estimate of drug-likeness (QED) is 0.789. The second-order valence-corrected chi connectivity index (χ2v) is 7.56. The van der Waals surface area contributed by atoms with Crippen LogP contribution >= 0.6 is 23.7 Å². The molecule has 4 nitrogen and oxygen atoms in total. The van der Waals surface area contributed by atoms with Crippen LogP contribution in [-0.4, -0.2) is 15.0 Å². The standard InChI is InChI=1S/C14H18N2O2S2.ClH/c1-11-2-5-13(19-11)10-16-9-8-12-3-6-14(7-4-12)20(15,17)18;/h2-7,16H,8-10H2,1H3,(H2,15,17,18);1H. The van der Waals surface area contributed by atoms with Crippen molar-refractivity contribution in [2.24, 2.45) is 5.14 Å². The molecule has 0 bridgehead atoms. The largest absolute Gasteiger partial charge is 0.312 e. The van der Waals surface area contributed by atoms with E-state index in [1.165, 1.54) is 9.75 Å². The third kappa shape index (κ3) is 5.76. The van der Waals surface area contributed by atoms with Gasteiger partial charge in [0.1, 0.15) is 0 Å². The Morgan fingerprint density at radius 2 is 1.81 bits per heavy atom. The summed E-state index contributed by atoms with van der Waals surface area (Å²) in [5.74, 6) is 0. The summed E-state index contributed by atoms with van der Waals surface area (Å²) in [7, 11) is -3.59. The van der Waals surface area contributed by atoms with Crippen molar-refractivity contribution in [1.82, 2.24) is 5.32 Å². The number of nitrogens with two attached hydrogens (primary N) is 1. The van der Waals surface area contributed by atoms with Crippen LogP contribution < -0.4 is 10.5 Å². The number of aryl methyl sites for hydroxylation is 1. The molecule has 0 radical (unpaired) electrons. The number of thiophene rings is 1. The van der Waals surface area contributed by atoms with Crippen molar-refractivity contribution in [3.05, 3.63) is 51.7 Å². The van der Waals surface area contributed by atoms with E-state index in [9.17, 15) is 8.42 Å². The highest BCUT2D eigenvalue weighted by Crippen LogP contribution is 2.14. The number of primary sulfonamides is 1. The van der Waals surface area contributed by atoms with Gasteiger partial charge >= 0.3 is 0 Å². The average Bonchev–Trinajstić information content (AvgIpc) is 2.80. The van der Waals surface area contributed by atoms with Crippen LogP contribution in [0.3, 0.4) is 0 Å². The first-order chi connectivity index (χ1) is 9.45. The van der Waals surface area contributed by atoms with Crippen molar-refractivity contribution >= 4 is 33.8 Å². The van der Waals surface area contributed by atoms with Crippen molar-refractivity contribution in [2.45, 2.75) is 24.8 Å². The van der Waals surface area contributed by atoms with Crippen molar-refractivity contribution in [1.29, 1.82) is 0 Å². The Labute approximate surface area is 135 Å². The molecule has 21 heavy (non-hydrogen) atoms. The van der Waals surface area contributed by atoms with Crippen molar-refractivity contribution in [2.75, 3.05) is 6.54 Å². The van der Waals surface area contributed by atoms with E-state index >= 15 is 0 Å². The normalized spacial score (nSPS) is 11.1. The van der Waals surface area contributed by atoms with Gasteiger partial charge in [-0.25, -0.2) is 13.6 Å². The van der Waals surface area contributed by atoms with Gasteiger partial charge in [0, 0.05) is 16.3 Å². The van der Waals surface area contributed by atoms with Crippen molar-refractivity contribution < 1.29 is 8.42 Å². The maximum Gasteiger partial charge on any atom is 0.238 e. The predicted molar refractivity (Wildman–Crippen MR) is 89.5 cm³/mol. The van der Waals surface area contributed by atoms with Gasteiger partial charge in [0.05, 0.1) is 4.90 Å². The Hall–Kier alpha value is -0.920. The molecule has 7 heteroatoms. The Balaban J connectivity index is 0.00000220. The lowest BCUT2D eigenvalue weighted by molar-refractivity contribution is 0.597. The van der Waals surface area contributed by atoms with Gasteiger partial charge in [-0.05, 0) is 49.7 Å². The second-order valence-electron chi connectivity index (χ2n) is 4.63. The molecule has 0 spiro atoms. The number of benzene rings is 1. The minimum absolute atomic E-state index is 0. The molecular formula is C14H19ClN2O2S2. The lowest BCUT2D eigenvalue weighted by Crippen LogP contribution is -2.16. The average molecular weight is 347 g/mol. The van der Waals surface area contributed by atoms with E-state index in [0.717, 1.165) is 25.1 Å². The molecule has 0 aliphatic carbocycles. The summed E-state index contributed by atoms with van der Waals surface area (Å²) in [4.78, 5) is 2.80. The Bertz CT molecular complexity index is 667. The molecule has 0 fully saturated rings. The molecule has 0 aliphatic rings. The van der Waals surface area contributed by atoms with Crippen LogP contribution in [-0.2, 0) is 23.0 Å². The monoisotopic (exact) mass is 346 g/mol. The molecule has 2 rings (SSSR count). The third-order valence-corrected chi connectivity index (χ3v) is 4.87. The summed E-state index contributed by atoms with van der Waals surface area (Å²) >= 11 is 1.80. The summed E-state index contributed by atoms with van der Waals surface area (Å²) < 4.78 is 22.3. The molecule has 1 aromatic carbocycles. The van der Waals surface area contributed by atoms with Crippen LogP contribution in [0.2, 0.25) is 0 Å². The highest BCUT2D eigenvalue weighted by molar-refractivity contribution is 7.89. The number of hydrogen-bond acceptors (Lipinski definition) is 4. The van der Waals surface area contributed by atoms with Crippen LogP contribution in [0, 0.1) is 6.92 Å². The minimum Gasteiger partial charge on any atom is -0.312 e. The number of sulfonamides is 1. The molecule has 0 unspecified atom stereocenters. The molecule has 2 aromatic rings. The highest BCUT2D eigenvalue weighted by Gasteiger charge is 2.06. The summed E-state index contributed by atoms with van der Waals surface area (Å²) in [5.41, 5.74) is 1.09. The minimum atomic E-state index is -3.59. The zero-order valence-electron chi connectivity index (χ0n) is 11.7. The van der Waals surface area contributed by atoms with E-state index in [2.05, 4.69) is 24.4 Å². The van der Waals surface area contributed by atoms with Gasteiger partial charge in [-0.15, -0.1) is 23.7 Å². The van der Waals surface area contributed by atoms with Gasteiger partial charge < -0.3 is 5.32 Å². The first-order valence-corrected chi connectivity index (χ1v) is 8.69. The van der Waals surface area contributed by atoms with E-state index in [-0.39, 0.29) is 17.3 Å². The molecule has 0 aliphatic heterocycles. The van der Waals surface area contributed by atoms with E-state index in [1.54, 1.807) is 35.6 Å². The number of rotatable bonds is 6. The molecule has 3 N–H and O–H groups in total. The van der Waals surface area contributed by atoms with E-state index in [1.807, 2.05) is 0 Å². The number of nitrogens with one attached hydrogen (secondary N) is 1. The van der Waals surface area contributed by atoms with Gasteiger partial charge in [-0.2, -0.15) is 0 Å². The molecule has 0 atom stereocenters. The van der Waals surface area contributed by atoms with Gasteiger partial charge in [0.25, 0.3) is 0 Å². The summed E-state index contributed by atoms with van der Waals surface area (Å²) in [6.45, 7) is 3.82. The van der Waals surface area contributed by atoms with Gasteiger partial charge in [-0.3, -0.25) is 0 Å². The zero-order valence-corrected chi connectivity index (χ0v) is 14.2. The lowest BCUT2D eigenvalue weighted by atomic mass is 10.1. The van der Waals surface area contributed by atoms with Crippen molar-refractivity contribution in [3.8, 4) is 0 Å². The van der Waals surface area contributed by atoms with Crippen LogP contribution in [0.15, 0.2) is 41.3 Å². The SMILES string of the molecule is Cc1ccc(CNCCc2ccc(S(N)(=O)=O)cc2)s1.Cl. The molecule has 1 heterocycles. The fraction of sp³-hybridized carbons (Fsp3) is 0.286. The third-order valence-electron chi connectivity index (χ3n) is 2.94. The fourth-order valence-electron chi connectivity index (χ4n) is 1.87. The Morgan fingerprint density at radius 1 is 1.14 bits per heavy atom. The van der Waals surface area contributed by atoms with Crippen LogP contribution in [0.5, 0.6) is 0 Å². The molecular weight excluding hydrogens is 328 g/mol. The van der Waals surface area contributed by atoms with E-state index in [0.29, 0.717) is 0 Å². The topological polar surface area (TPSA) is 72.2 Å². The number of hydrogen-bond donors (Lipinski definition) is 2. The molecule has 116 valence electrons. The predicted octanol–water partition coefficient (Wildman–Crippen LogP) is 2.46. The highest BCUT2D eigenvalue weighted by atomic mass is 35.5. The Morgan fingerprint density at radius 3 is 2.33 bits per heavy atom. The summed E-state index contributed by atoms with van der Waals surface area (Å²) in [6, 6.07) is 11.0. The molecule has 0 saturated carbocycles. The summed E-state index contributed by atoms with van der Waals surface area (Å²) in [5, 5.41) is 8.43. The zero-order chi connectivity index (χ0) is 14.6. The summed E-state index contributed by atoms with van der Waals surface area (Å²) in [6.07, 6.45) is 0.856. The van der Waals surface area contributed by atoms with Crippen LogP contribution in [0.4, 0.5) is 0 Å². The second kappa shape index (κ2) is 7.91. The fourth-order valence-corrected chi connectivity index (χ4v) is 3.25. The lowest BCUT2D eigenvalue weighted by Gasteiger charge is -2.04. The molecule has 1 aromatic heterocycles. The van der Waals surface area contributed by atoms with E-state index in [4.69, 9.17) is 5.14 Å². The first kappa shape index (κ1) is 18.1. The van der Waals surface area contributed by atoms with Crippen LogP contribution in [0.25, 0.3) is 0 Å². The molecule has 0 saturated heterocycles. The van der Waals surface area contributed by atoms with Crippen LogP contribution in [0.1, 0.15) is 15.3 Å². The molecule has 0 amide bonds. The first-order valence-electron chi connectivity index (χ1n) is 6.33. The van der Waals surface area contributed by atoms with E-state index < -0.39 is 10.0 Å². The maximum atomic E-state index is 11.1.